The van der Waals surface area contributed by atoms with E-state index in [4.69, 9.17) is 4.74 Å². The van der Waals surface area contributed by atoms with Gasteiger partial charge in [-0.3, -0.25) is 0 Å². The van der Waals surface area contributed by atoms with Gasteiger partial charge in [-0.1, -0.05) is 6.92 Å². The molecule has 0 saturated heterocycles. The molecule has 0 aromatic carbocycles. The standard InChI is InChI=1S/C14H23NOS/c1-3-15-14(12-5-6-17-10-12)9-11-7-13(8-11)16-4-2/h5-6,10-11,13-15H,3-4,7-9H2,1-2H3. The number of hydrogen-bond donors (Lipinski definition) is 1. The SMILES string of the molecule is CCNC(CC1CC(OCC)C1)c1ccsc1. The van der Waals surface area contributed by atoms with E-state index in [0.717, 1.165) is 19.1 Å². The van der Waals surface area contributed by atoms with Crippen LogP contribution in [0.15, 0.2) is 16.8 Å². The Morgan fingerprint density at radius 1 is 1.47 bits per heavy atom. The summed E-state index contributed by atoms with van der Waals surface area (Å²) in [5.41, 5.74) is 1.46. The normalized spacial score (nSPS) is 25.5. The van der Waals surface area contributed by atoms with Gasteiger partial charge >= 0.3 is 0 Å². The van der Waals surface area contributed by atoms with Gasteiger partial charge in [0.15, 0.2) is 0 Å². The molecule has 1 aromatic heterocycles. The Hall–Kier alpha value is -0.380. The third-order valence-electron chi connectivity index (χ3n) is 3.56. The molecule has 0 aliphatic heterocycles. The quantitative estimate of drug-likeness (QED) is 0.801. The molecule has 2 nitrogen and oxygen atoms in total. The second-order valence-corrected chi connectivity index (χ2v) is 5.60. The van der Waals surface area contributed by atoms with Crippen molar-refractivity contribution in [3.63, 3.8) is 0 Å². The molecule has 0 radical (unpaired) electrons. The molecule has 96 valence electrons. The van der Waals surface area contributed by atoms with Gasteiger partial charge < -0.3 is 10.1 Å². The van der Waals surface area contributed by atoms with E-state index < -0.39 is 0 Å². The van der Waals surface area contributed by atoms with Gasteiger partial charge in [0, 0.05) is 12.6 Å². The fourth-order valence-corrected chi connectivity index (χ4v) is 3.34. The van der Waals surface area contributed by atoms with Crippen LogP contribution in [0.25, 0.3) is 0 Å². The number of hydrogen-bond acceptors (Lipinski definition) is 3. The lowest BCUT2D eigenvalue weighted by molar-refractivity contribution is -0.0291. The van der Waals surface area contributed by atoms with E-state index >= 15 is 0 Å². The van der Waals surface area contributed by atoms with Gasteiger partial charge in [0.1, 0.15) is 0 Å². The highest BCUT2D eigenvalue weighted by Gasteiger charge is 2.31. The third kappa shape index (κ3) is 3.54. The average Bonchev–Trinajstić information content (AvgIpc) is 2.78. The first-order chi connectivity index (χ1) is 8.33. The second kappa shape index (κ2) is 6.53. The molecule has 1 aliphatic rings. The minimum absolute atomic E-state index is 0.537. The summed E-state index contributed by atoms with van der Waals surface area (Å²) < 4.78 is 5.62. The zero-order chi connectivity index (χ0) is 12.1. The van der Waals surface area contributed by atoms with Crippen molar-refractivity contribution in [2.45, 2.75) is 45.3 Å². The molecule has 1 saturated carbocycles. The van der Waals surface area contributed by atoms with Crippen LogP contribution in [0, 0.1) is 5.92 Å². The zero-order valence-electron chi connectivity index (χ0n) is 10.8. The van der Waals surface area contributed by atoms with E-state index in [1.54, 1.807) is 11.3 Å². The molecule has 1 heterocycles. The van der Waals surface area contributed by atoms with Crippen molar-refractivity contribution >= 4 is 11.3 Å². The second-order valence-electron chi connectivity index (χ2n) is 4.82. The zero-order valence-corrected chi connectivity index (χ0v) is 11.6. The van der Waals surface area contributed by atoms with Crippen molar-refractivity contribution in [3.8, 4) is 0 Å². The topological polar surface area (TPSA) is 21.3 Å². The minimum atomic E-state index is 0.537. The van der Waals surface area contributed by atoms with Crippen molar-refractivity contribution in [1.82, 2.24) is 5.32 Å². The number of ether oxygens (including phenoxy) is 1. The summed E-state index contributed by atoms with van der Waals surface area (Å²) in [5.74, 6) is 0.843. The molecule has 1 fully saturated rings. The summed E-state index contributed by atoms with van der Waals surface area (Å²) in [6.07, 6.45) is 4.29. The Morgan fingerprint density at radius 2 is 2.29 bits per heavy atom. The molecule has 1 unspecified atom stereocenters. The van der Waals surface area contributed by atoms with E-state index in [9.17, 15) is 0 Å². The van der Waals surface area contributed by atoms with Gasteiger partial charge in [-0.05, 0) is 61.0 Å². The number of thiophene rings is 1. The lowest BCUT2D eigenvalue weighted by Crippen LogP contribution is -2.34. The molecule has 3 heteroatoms. The molecular weight excluding hydrogens is 230 g/mol. The van der Waals surface area contributed by atoms with E-state index in [1.165, 1.54) is 24.8 Å². The Morgan fingerprint density at radius 3 is 2.88 bits per heavy atom. The fraction of sp³-hybridized carbons (Fsp3) is 0.714. The Balaban J connectivity index is 1.79. The maximum Gasteiger partial charge on any atom is 0.0580 e. The summed E-state index contributed by atoms with van der Waals surface area (Å²) in [5, 5.41) is 8.04. The maximum atomic E-state index is 5.62. The van der Waals surface area contributed by atoms with Gasteiger partial charge in [0.05, 0.1) is 6.10 Å². The van der Waals surface area contributed by atoms with Gasteiger partial charge in [-0.25, -0.2) is 0 Å². The van der Waals surface area contributed by atoms with Crippen LogP contribution in [0.1, 0.15) is 44.7 Å². The molecule has 1 aromatic rings. The van der Waals surface area contributed by atoms with E-state index in [1.807, 2.05) is 0 Å². The van der Waals surface area contributed by atoms with Crippen LogP contribution in [0.3, 0.4) is 0 Å². The summed E-state index contributed by atoms with van der Waals surface area (Å²) in [4.78, 5) is 0. The lowest BCUT2D eigenvalue weighted by Gasteiger charge is -2.37. The lowest BCUT2D eigenvalue weighted by atomic mass is 9.77. The Labute approximate surface area is 108 Å². The summed E-state index contributed by atoms with van der Waals surface area (Å²) in [6.45, 7) is 6.17. The van der Waals surface area contributed by atoms with Crippen molar-refractivity contribution in [3.05, 3.63) is 22.4 Å². The highest BCUT2D eigenvalue weighted by atomic mass is 32.1. The first-order valence-corrected chi connectivity index (χ1v) is 7.64. The minimum Gasteiger partial charge on any atom is -0.378 e. The largest absolute Gasteiger partial charge is 0.378 e. The number of rotatable bonds is 7. The Bertz CT molecular complexity index is 306. The molecule has 17 heavy (non-hydrogen) atoms. The predicted molar refractivity (Wildman–Crippen MR) is 73.5 cm³/mol. The van der Waals surface area contributed by atoms with E-state index in [0.29, 0.717) is 12.1 Å². The van der Waals surface area contributed by atoms with Crippen molar-refractivity contribution in [2.24, 2.45) is 5.92 Å². The van der Waals surface area contributed by atoms with Crippen LogP contribution in [0.5, 0.6) is 0 Å². The van der Waals surface area contributed by atoms with Crippen LogP contribution >= 0.6 is 11.3 Å². The van der Waals surface area contributed by atoms with Gasteiger partial charge in [0.25, 0.3) is 0 Å². The third-order valence-corrected chi connectivity index (χ3v) is 4.26. The van der Waals surface area contributed by atoms with Crippen LogP contribution in [0.4, 0.5) is 0 Å². The molecule has 1 atom stereocenters. The van der Waals surface area contributed by atoms with Crippen molar-refractivity contribution in [2.75, 3.05) is 13.2 Å². The highest BCUT2D eigenvalue weighted by Crippen LogP contribution is 2.37. The Kier molecular flexibility index (Phi) is 5.01. The maximum absolute atomic E-state index is 5.62. The van der Waals surface area contributed by atoms with E-state index in [2.05, 4.69) is 36.0 Å². The first-order valence-electron chi connectivity index (χ1n) is 6.70. The number of nitrogens with one attached hydrogen (secondary N) is 1. The van der Waals surface area contributed by atoms with Crippen molar-refractivity contribution in [1.29, 1.82) is 0 Å². The summed E-state index contributed by atoms with van der Waals surface area (Å²) >= 11 is 1.79. The van der Waals surface area contributed by atoms with E-state index in [-0.39, 0.29) is 0 Å². The molecule has 1 N–H and O–H groups in total. The first kappa shape index (κ1) is 13.1. The molecular formula is C14H23NOS. The van der Waals surface area contributed by atoms with Crippen LogP contribution in [-0.4, -0.2) is 19.3 Å². The molecule has 0 amide bonds. The van der Waals surface area contributed by atoms with Crippen molar-refractivity contribution < 1.29 is 4.74 Å². The monoisotopic (exact) mass is 253 g/mol. The van der Waals surface area contributed by atoms with Gasteiger partial charge in [-0.15, -0.1) is 0 Å². The smallest absolute Gasteiger partial charge is 0.0580 e. The summed E-state index contributed by atoms with van der Waals surface area (Å²) in [6, 6.07) is 2.79. The summed E-state index contributed by atoms with van der Waals surface area (Å²) in [7, 11) is 0. The molecule has 1 aliphatic carbocycles. The molecule has 0 bridgehead atoms. The average molecular weight is 253 g/mol. The highest BCUT2D eigenvalue weighted by molar-refractivity contribution is 7.07. The predicted octanol–water partition coefficient (Wildman–Crippen LogP) is 3.60. The van der Waals surface area contributed by atoms with Gasteiger partial charge in [-0.2, -0.15) is 11.3 Å². The van der Waals surface area contributed by atoms with Crippen LogP contribution in [-0.2, 0) is 4.74 Å². The van der Waals surface area contributed by atoms with Crippen LogP contribution in [0.2, 0.25) is 0 Å². The molecule has 0 spiro atoms. The molecule has 2 rings (SSSR count). The van der Waals surface area contributed by atoms with Crippen LogP contribution < -0.4 is 5.32 Å². The fourth-order valence-electron chi connectivity index (χ4n) is 2.63. The van der Waals surface area contributed by atoms with Gasteiger partial charge in [0.2, 0.25) is 0 Å².